The standard InChI is InChI=1S/C28H31NO4/c1-31-25-9-11-26(12-10-25)33-20-24-19-23(8-13-27(24)32-2)28(30)29-16-14-22(15-17-29)18-21-6-4-3-5-7-21/h3-13,19,22H,14-18,20H2,1-2H3. The molecular formula is C28H31NO4. The van der Waals surface area contributed by atoms with E-state index in [0.29, 0.717) is 23.8 Å². The third kappa shape index (κ3) is 5.86. The van der Waals surface area contributed by atoms with E-state index in [9.17, 15) is 4.79 Å². The molecule has 1 saturated heterocycles. The minimum absolute atomic E-state index is 0.0708. The summed E-state index contributed by atoms with van der Waals surface area (Å²) in [5.74, 6) is 2.92. The highest BCUT2D eigenvalue weighted by Crippen LogP contribution is 2.26. The lowest BCUT2D eigenvalue weighted by atomic mass is 9.90. The third-order valence-corrected chi connectivity index (χ3v) is 6.25. The number of ether oxygens (including phenoxy) is 3. The van der Waals surface area contributed by atoms with Crippen molar-refractivity contribution < 1.29 is 19.0 Å². The van der Waals surface area contributed by atoms with Gasteiger partial charge in [0.1, 0.15) is 23.9 Å². The minimum atomic E-state index is 0.0708. The van der Waals surface area contributed by atoms with Crippen LogP contribution in [0.2, 0.25) is 0 Å². The van der Waals surface area contributed by atoms with Crippen LogP contribution >= 0.6 is 0 Å². The van der Waals surface area contributed by atoms with Gasteiger partial charge in [0.25, 0.3) is 5.91 Å². The Balaban J connectivity index is 1.37. The molecule has 0 saturated carbocycles. The lowest BCUT2D eigenvalue weighted by Crippen LogP contribution is -2.39. The number of rotatable bonds is 8. The maximum absolute atomic E-state index is 13.2. The van der Waals surface area contributed by atoms with Crippen molar-refractivity contribution in [2.24, 2.45) is 5.92 Å². The Bertz CT molecular complexity index is 1040. The molecule has 3 aromatic rings. The Labute approximate surface area is 195 Å². The van der Waals surface area contributed by atoms with Crippen LogP contribution in [-0.2, 0) is 13.0 Å². The van der Waals surface area contributed by atoms with E-state index in [4.69, 9.17) is 14.2 Å². The van der Waals surface area contributed by atoms with Crippen molar-refractivity contribution >= 4 is 5.91 Å². The molecule has 4 rings (SSSR count). The van der Waals surface area contributed by atoms with Crippen molar-refractivity contribution in [2.75, 3.05) is 27.3 Å². The molecule has 0 bridgehead atoms. The SMILES string of the molecule is COc1ccc(OCc2cc(C(=O)N3CCC(Cc4ccccc4)CC3)ccc2OC)cc1. The smallest absolute Gasteiger partial charge is 0.253 e. The number of amides is 1. The van der Waals surface area contributed by atoms with Crippen molar-refractivity contribution in [3.8, 4) is 17.2 Å². The van der Waals surface area contributed by atoms with Gasteiger partial charge in [-0.1, -0.05) is 30.3 Å². The average Bonchev–Trinajstić information content (AvgIpc) is 2.88. The van der Waals surface area contributed by atoms with Crippen molar-refractivity contribution in [1.29, 1.82) is 0 Å². The molecule has 0 atom stereocenters. The number of methoxy groups -OCH3 is 2. The van der Waals surface area contributed by atoms with E-state index in [1.165, 1.54) is 5.56 Å². The second-order valence-electron chi connectivity index (χ2n) is 8.42. The summed E-state index contributed by atoms with van der Waals surface area (Å²) in [6.45, 7) is 1.90. The largest absolute Gasteiger partial charge is 0.497 e. The molecular weight excluding hydrogens is 414 g/mol. The zero-order valence-electron chi connectivity index (χ0n) is 19.3. The van der Waals surface area contributed by atoms with Crippen LogP contribution in [0, 0.1) is 5.92 Å². The van der Waals surface area contributed by atoms with Gasteiger partial charge in [-0.15, -0.1) is 0 Å². The maximum Gasteiger partial charge on any atom is 0.253 e. The summed E-state index contributed by atoms with van der Waals surface area (Å²) in [5, 5.41) is 0. The molecule has 0 radical (unpaired) electrons. The molecule has 0 unspecified atom stereocenters. The Morgan fingerprint density at radius 2 is 1.58 bits per heavy atom. The molecule has 5 nitrogen and oxygen atoms in total. The zero-order valence-corrected chi connectivity index (χ0v) is 19.3. The molecule has 0 aromatic heterocycles. The quantitative estimate of drug-likeness (QED) is 0.467. The molecule has 0 N–H and O–H groups in total. The number of benzene rings is 3. The summed E-state index contributed by atoms with van der Waals surface area (Å²) in [7, 11) is 3.26. The van der Waals surface area contributed by atoms with E-state index < -0.39 is 0 Å². The zero-order chi connectivity index (χ0) is 23.0. The molecule has 1 amide bonds. The summed E-state index contributed by atoms with van der Waals surface area (Å²) >= 11 is 0. The number of carbonyl (C=O) groups is 1. The monoisotopic (exact) mass is 445 g/mol. The van der Waals surface area contributed by atoms with Crippen molar-refractivity contribution in [3.05, 3.63) is 89.5 Å². The van der Waals surface area contributed by atoms with Crippen molar-refractivity contribution in [2.45, 2.75) is 25.9 Å². The fraction of sp³-hybridized carbons (Fsp3) is 0.321. The first-order valence-electron chi connectivity index (χ1n) is 11.4. The van der Waals surface area contributed by atoms with Gasteiger partial charge in [-0.3, -0.25) is 4.79 Å². The highest BCUT2D eigenvalue weighted by atomic mass is 16.5. The van der Waals surface area contributed by atoms with Gasteiger partial charge in [-0.25, -0.2) is 0 Å². The van der Waals surface area contributed by atoms with Crippen molar-refractivity contribution in [3.63, 3.8) is 0 Å². The first-order valence-corrected chi connectivity index (χ1v) is 11.4. The second kappa shape index (κ2) is 10.9. The highest BCUT2D eigenvalue weighted by Gasteiger charge is 2.24. The lowest BCUT2D eigenvalue weighted by molar-refractivity contribution is 0.0690. The topological polar surface area (TPSA) is 48.0 Å². The molecule has 1 aliphatic heterocycles. The fourth-order valence-electron chi connectivity index (χ4n) is 4.33. The van der Waals surface area contributed by atoms with Crippen LogP contribution in [0.25, 0.3) is 0 Å². The van der Waals surface area contributed by atoms with Crippen LogP contribution in [0.15, 0.2) is 72.8 Å². The van der Waals surface area contributed by atoms with E-state index in [2.05, 4.69) is 30.3 Å². The van der Waals surface area contributed by atoms with Gasteiger partial charge in [0, 0.05) is 24.2 Å². The Hall–Kier alpha value is -3.47. The molecule has 1 fully saturated rings. The summed E-state index contributed by atoms with van der Waals surface area (Å²) in [6.07, 6.45) is 3.15. The van der Waals surface area contributed by atoms with E-state index in [0.717, 1.165) is 49.4 Å². The maximum atomic E-state index is 13.2. The lowest BCUT2D eigenvalue weighted by Gasteiger charge is -2.32. The number of nitrogens with zero attached hydrogens (tertiary/aromatic N) is 1. The van der Waals surface area contributed by atoms with Gasteiger partial charge >= 0.3 is 0 Å². The van der Waals surface area contributed by atoms with Gasteiger partial charge < -0.3 is 19.1 Å². The summed E-state index contributed by atoms with van der Waals surface area (Å²) < 4.78 is 16.6. The van der Waals surface area contributed by atoms with Gasteiger partial charge in [0.15, 0.2) is 0 Å². The normalized spacial score (nSPS) is 14.1. The highest BCUT2D eigenvalue weighted by molar-refractivity contribution is 5.94. The van der Waals surface area contributed by atoms with Gasteiger partial charge in [-0.2, -0.15) is 0 Å². The number of hydrogen-bond donors (Lipinski definition) is 0. The summed E-state index contributed by atoms with van der Waals surface area (Å²) in [5.41, 5.74) is 2.89. The van der Waals surface area contributed by atoms with Crippen LogP contribution < -0.4 is 14.2 Å². The predicted molar refractivity (Wildman–Crippen MR) is 129 cm³/mol. The first kappa shape index (κ1) is 22.7. The second-order valence-corrected chi connectivity index (χ2v) is 8.42. The van der Waals surface area contributed by atoms with E-state index >= 15 is 0 Å². The molecule has 0 aliphatic carbocycles. The fourth-order valence-corrected chi connectivity index (χ4v) is 4.33. The molecule has 172 valence electrons. The van der Waals surface area contributed by atoms with Gasteiger partial charge in [0.2, 0.25) is 0 Å². The molecule has 5 heteroatoms. The predicted octanol–water partition coefficient (Wildman–Crippen LogP) is 5.38. The number of carbonyl (C=O) groups excluding carboxylic acids is 1. The molecule has 1 heterocycles. The van der Waals surface area contributed by atoms with E-state index in [1.54, 1.807) is 14.2 Å². The van der Waals surface area contributed by atoms with Gasteiger partial charge in [0.05, 0.1) is 14.2 Å². The summed E-state index contributed by atoms with van der Waals surface area (Å²) in [4.78, 5) is 15.2. The van der Waals surface area contributed by atoms with E-state index in [-0.39, 0.29) is 5.91 Å². The minimum Gasteiger partial charge on any atom is -0.497 e. The molecule has 0 spiro atoms. The number of piperidine rings is 1. The molecule has 33 heavy (non-hydrogen) atoms. The molecule has 1 aliphatic rings. The average molecular weight is 446 g/mol. The Kier molecular flexibility index (Phi) is 7.51. The van der Waals surface area contributed by atoms with Crippen LogP contribution in [0.5, 0.6) is 17.2 Å². The Morgan fingerprint density at radius 1 is 0.879 bits per heavy atom. The van der Waals surface area contributed by atoms with Crippen LogP contribution in [0.4, 0.5) is 0 Å². The van der Waals surface area contributed by atoms with Crippen LogP contribution in [0.1, 0.15) is 34.3 Å². The van der Waals surface area contributed by atoms with E-state index in [1.807, 2.05) is 47.4 Å². The number of likely N-dealkylation sites (tertiary alicyclic amines) is 1. The first-order chi connectivity index (χ1) is 16.2. The number of hydrogen-bond acceptors (Lipinski definition) is 4. The van der Waals surface area contributed by atoms with Crippen LogP contribution in [0.3, 0.4) is 0 Å². The summed E-state index contributed by atoms with van der Waals surface area (Å²) in [6, 6.07) is 23.6. The Morgan fingerprint density at radius 3 is 2.24 bits per heavy atom. The third-order valence-electron chi connectivity index (χ3n) is 6.25. The van der Waals surface area contributed by atoms with Crippen molar-refractivity contribution in [1.82, 2.24) is 4.90 Å². The molecule has 3 aromatic carbocycles. The van der Waals surface area contributed by atoms with Crippen LogP contribution in [-0.4, -0.2) is 38.1 Å². The van der Waals surface area contributed by atoms with Gasteiger partial charge in [-0.05, 0) is 73.2 Å².